The van der Waals surface area contributed by atoms with Crippen molar-refractivity contribution in [1.82, 2.24) is 0 Å². The van der Waals surface area contributed by atoms with Gasteiger partial charge in [-0.1, -0.05) is 11.6 Å². The van der Waals surface area contributed by atoms with E-state index in [-0.39, 0.29) is 22.4 Å². The van der Waals surface area contributed by atoms with Gasteiger partial charge in [-0.2, -0.15) is 0 Å². The molecule has 0 bridgehead atoms. The second-order valence-electron chi connectivity index (χ2n) is 4.20. The van der Waals surface area contributed by atoms with Gasteiger partial charge in [0.25, 0.3) is 0 Å². The number of nitrogens with two attached hydrogens (primary N) is 1. The minimum atomic E-state index is -0.424. The van der Waals surface area contributed by atoms with E-state index in [2.05, 4.69) is 0 Å². The molecule has 0 aliphatic heterocycles. The Hall–Kier alpha value is -0.800. The van der Waals surface area contributed by atoms with Gasteiger partial charge in [-0.3, -0.25) is 0 Å². The molecular weight excluding hydrogens is 217 g/mol. The summed E-state index contributed by atoms with van der Waals surface area (Å²) in [4.78, 5) is 0. The van der Waals surface area contributed by atoms with Gasteiger partial charge < -0.3 is 10.8 Å². The third-order valence-electron chi connectivity index (χ3n) is 3.24. The standard InChI is InChI=1S/C11H13ClFNO/c1-6(14)11(4-5-11)9-8(13)3-2-7(12)10(9)15/h2-3,6,15H,4-5,14H2,1H3. The molecule has 0 amide bonds. The zero-order chi connectivity index (χ0) is 11.2. The van der Waals surface area contributed by atoms with Crippen molar-refractivity contribution in [2.24, 2.45) is 5.73 Å². The molecule has 1 saturated carbocycles. The molecule has 1 aliphatic carbocycles. The molecule has 1 atom stereocenters. The molecule has 1 fully saturated rings. The number of phenols is 1. The monoisotopic (exact) mass is 229 g/mol. The predicted molar refractivity (Wildman–Crippen MR) is 57.6 cm³/mol. The van der Waals surface area contributed by atoms with Crippen LogP contribution in [0, 0.1) is 5.82 Å². The lowest BCUT2D eigenvalue weighted by Gasteiger charge is -2.22. The second kappa shape index (κ2) is 3.35. The first-order valence-electron chi connectivity index (χ1n) is 4.92. The number of phenolic OH excluding ortho intramolecular Hbond substituents is 1. The Morgan fingerprint density at radius 2 is 2.13 bits per heavy atom. The number of aromatic hydroxyl groups is 1. The summed E-state index contributed by atoms with van der Waals surface area (Å²) >= 11 is 5.77. The summed E-state index contributed by atoms with van der Waals surface area (Å²) in [7, 11) is 0. The molecule has 3 N–H and O–H groups in total. The Labute approximate surface area is 92.9 Å². The maximum atomic E-state index is 13.7. The van der Waals surface area contributed by atoms with E-state index in [0.29, 0.717) is 0 Å². The van der Waals surface area contributed by atoms with Crippen LogP contribution in [0.15, 0.2) is 12.1 Å². The molecule has 2 nitrogen and oxygen atoms in total. The minimum absolute atomic E-state index is 0.161. The van der Waals surface area contributed by atoms with Crippen LogP contribution in [-0.2, 0) is 5.41 Å². The summed E-state index contributed by atoms with van der Waals surface area (Å²) in [5.74, 6) is -0.585. The van der Waals surface area contributed by atoms with E-state index in [4.69, 9.17) is 17.3 Å². The van der Waals surface area contributed by atoms with Gasteiger partial charge in [0, 0.05) is 17.0 Å². The number of halogens is 2. The molecule has 4 heteroatoms. The van der Waals surface area contributed by atoms with Crippen molar-refractivity contribution in [2.75, 3.05) is 0 Å². The number of benzene rings is 1. The molecule has 1 aliphatic rings. The molecule has 2 rings (SSSR count). The molecule has 1 aromatic carbocycles. The molecule has 82 valence electrons. The van der Waals surface area contributed by atoms with Gasteiger partial charge in [0.1, 0.15) is 11.6 Å². The third-order valence-corrected chi connectivity index (χ3v) is 3.54. The molecule has 0 radical (unpaired) electrons. The van der Waals surface area contributed by atoms with E-state index < -0.39 is 11.2 Å². The highest BCUT2D eigenvalue weighted by Gasteiger charge is 2.50. The average molecular weight is 230 g/mol. The topological polar surface area (TPSA) is 46.2 Å². The molecule has 1 aromatic rings. The second-order valence-corrected chi connectivity index (χ2v) is 4.60. The van der Waals surface area contributed by atoms with Crippen LogP contribution in [0.1, 0.15) is 25.3 Å². The summed E-state index contributed by atoms with van der Waals surface area (Å²) in [5.41, 5.74) is 5.70. The normalized spacial score (nSPS) is 20.0. The van der Waals surface area contributed by atoms with E-state index >= 15 is 0 Å². The molecule has 0 heterocycles. The van der Waals surface area contributed by atoms with E-state index in [9.17, 15) is 9.50 Å². The van der Waals surface area contributed by atoms with Crippen molar-refractivity contribution in [3.63, 3.8) is 0 Å². The highest BCUT2D eigenvalue weighted by Crippen LogP contribution is 2.54. The maximum absolute atomic E-state index is 13.7. The van der Waals surface area contributed by atoms with Crippen molar-refractivity contribution in [3.05, 3.63) is 28.5 Å². The van der Waals surface area contributed by atoms with Crippen molar-refractivity contribution in [2.45, 2.75) is 31.2 Å². The first-order chi connectivity index (χ1) is 6.99. The van der Waals surface area contributed by atoms with Gasteiger partial charge in [-0.15, -0.1) is 0 Å². The van der Waals surface area contributed by atoms with Gasteiger partial charge in [0.2, 0.25) is 0 Å². The Balaban J connectivity index is 2.57. The van der Waals surface area contributed by atoms with Crippen molar-refractivity contribution >= 4 is 11.6 Å². The summed E-state index contributed by atoms with van der Waals surface area (Å²) in [6.07, 6.45) is 1.60. The molecule has 1 unspecified atom stereocenters. The lowest BCUT2D eigenvalue weighted by atomic mass is 9.88. The van der Waals surface area contributed by atoms with E-state index in [1.807, 2.05) is 6.92 Å². The highest BCUT2D eigenvalue weighted by atomic mass is 35.5. The number of rotatable bonds is 2. The Kier molecular flexibility index (Phi) is 2.40. The maximum Gasteiger partial charge on any atom is 0.140 e. The van der Waals surface area contributed by atoms with E-state index in [1.165, 1.54) is 12.1 Å². The van der Waals surface area contributed by atoms with Crippen molar-refractivity contribution in [3.8, 4) is 5.75 Å². The lowest BCUT2D eigenvalue weighted by Crippen LogP contribution is -2.32. The van der Waals surface area contributed by atoms with E-state index in [0.717, 1.165) is 12.8 Å². The zero-order valence-electron chi connectivity index (χ0n) is 8.43. The van der Waals surface area contributed by atoms with Gasteiger partial charge >= 0.3 is 0 Å². The molecular formula is C11H13ClFNO. The highest BCUT2D eigenvalue weighted by molar-refractivity contribution is 6.32. The SMILES string of the molecule is CC(N)C1(c2c(F)ccc(Cl)c2O)CC1. The fraction of sp³-hybridized carbons (Fsp3) is 0.455. The van der Waals surface area contributed by atoms with E-state index in [1.54, 1.807) is 0 Å². The van der Waals surface area contributed by atoms with Gasteiger partial charge in [0.05, 0.1) is 5.02 Å². The van der Waals surface area contributed by atoms with Crippen molar-refractivity contribution < 1.29 is 9.50 Å². The predicted octanol–water partition coefficient (Wildman–Crippen LogP) is 2.56. The van der Waals surface area contributed by atoms with Gasteiger partial charge in [-0.25, -0.2) is 4.39 Å². The first-order valence-corrected chi connectivity index (χ1v) is 5.30. The zero-order valence-corrected chi connectivity index (χ0v) is 9.18. The van der Waals surface area contributed by atoms with Gasteiger partial charge in [0.15, 0.2) is 0 Å². The van der Waals surface area contributed by atoms with Crippen LogP contribution < -0.4 is 5.73 Å². The Morgan fingerprint density at radius 1 is 1.53 bits per heavy atom. The fourth-order valence-corrected chi connectivity index (χ4v) is 2.24. The van der Waals surface area contributed by atoms with Crippen LogP contribution in [0.25, 0.3) is 0 Å². The quantitative estimate of drug-likeness (QED) is 0.819. The number of hydrogen-bond donors (Lipinski definition) is 2. The molecule has 0 spiro atoms. The lowest BCUT2D eigenvalue weighted by molar-refractivity contribution is 0.430. The molecule has 0 saturated heterocycles. The van der Waals surface area contributed by atoms with Crippen LogP contribution in [0.4, 0.5) is 4.39 Å². The van der Waals surface area contributed by atoms with Crippen LogP contribution in [-0.4, -0.2) is 11.1 Å². The average Bonchev–Trinajstić information content (AvgIpc) is 2.93. The summed E-state index contributed by atoms with van der Waals surface area (Å²) < 4.78 is 13.7. The van der Waals surface area contributed by atoms with Crippen molar-refractivity contribution in [1.29, 1.82) is 0 Å². The van der Waals surface area contributed by atoms with Crippen LogP contribution in [0.3, 0.4) is 0 Å². The summed E-state index contributed by atoms with van der Waals surface area (Å²) in [5, 5.41) is 9.95. The summed E-state index contributed by atoms with van der Waals surface area (Å²) in [6.45, 7) is 1.83. The molecule has 15 heavy (non-hydrogen) atoms. The largest absolute Gasteiger partial charge is 0.506 e. The van der Waals surface area contributed by atoms with Crippen LogP contribution in [0.2, 0.25) is 5.02 Å². The minimum Gasteiger partial charge on any atom is -0.506 e. The summed E-state index contributed by atoms with van der Waals surface area (Å²) in [6, 6.07) is 2.45. The number of hydrogen-bond acceptors (Lipinski definition) is 2. The smallest absolute Gasteiger partial charge is 0.140 e. The van der Waals surface area contributed by atoms with Crippen LogP contribution in [0.5, 0.6) is 5.75 Å². The first kappa shape index (κ1) is 10.7. The Morgan fingerprint density at radius 3 is 2.60 bits per heavy atom. The Bertz CT molecular complexity index is 402. The third kappa shape index (κ3) is 1.50. The fourth-order valence-electron chi connectivity index (χ4n) is 2.08. The molecule has 0 aromatic heterocycles. The van der Waals surface area contributed by atoms with Gasteiger partial charge in [-0.05, 0) is 31.9 Å². The van der Waals surface area contributed by atoms with Crippen LogP contribution >= 0.6 is 11.6 Å².